The normalized spacial score (nSPS) is 14.1. The zero-order chi connectivity index (χ0) is 16.7. The summed E-state index contributed by atoms with van der Waals surface area (Å²) in [6, 6.07) is 10.5. The van der Waals surface area contributed by atoms with E-state index in [9.17, 15) is 5.11 Å². The fourth-order valence-corrected chi connectivity index (χ4v) is 3.37. The van der Waals surface area contributed by atoms with E-state index in [1.807, 2.05) is 13.0 Å². The summed E-state index contributed by atoms with van der Waals surface area (Å²) in [6.07, 6.45) is 0.936. The number of rotatable bonds is 9. The molecule has 2 aromatic rings. The third-order valence-corrected chi connectivity index (χ3v) is 5.12. The Morgan fingerprint density at radius 1 is 1.26 bits per heavy atom. The van der Waals surface area contributed by atoms with Crippen molar-refractivity contribution in [1.82, 2.24) is 9.88 Å². The summed E-state index contributed by atoms with van der Waals surface area (Å²) in [5, 5.41) is 12.8. The Bertz CT molecular complexity index is 569. The van der Waals surface area contributed by atoms with Gasteiger partial charge in [-0.2, -0.15) is 0 Å². The van der Waals surface area contributed by atoms with Crippen molar-refractivity contribution in [1.29, 1.82) is 0 Å². The second-order valence-electron chi connectivity index (χ2n) is 5.69. The highest BCUT2D eigenvalue weighted by Gasteiger charge is 2.19. The van der Waals surface area contributed by atoms with Crippen LogP contribution in [0.2, 0.25) is 0 Å². The van der Waals surface area contributed by atoms with Gasteiger partial charge in [-0.1, -0.05) is 37.3 Å². The van der Waals surface area contributed by atoms with Gasteiger partial charge in [-0.3, -0.25) is 4.90 Å². The highest BCUT2D eigenvalue weighted by Crippen LogP contribution is 2.22. The molecule has 4 nitrogen and oxygen atoms in total. The molecule has 0 aliphatic rings. The van der Waals surface area contributed by atoms with Crippen LogP contribution in [0.4, 0.5) is 0 Å². The quantitative estimate of drug-likeness (QED) is 0.761. The maximum Gasteiger partial charge on any atom is 0.122 e. The van der Waals surface area contributed by atoms with Crippen molar-refractivity contribution >= 4 is 11.3 Å². The molecule has 2 rings (SSSR count). The lowest BCUT2D eigenvalue weighted by molar-refractivity contribution is 0.104. The molecular weight excluding hydrogens is 308 g/mol. The number of hydrogen-bond acceptors (Lipinski definition) is 5. The van der Waals surface area contributed by atoms with Crippen LogP contribution < -0.4 is 0 Å². The van der Waals surface area contributed by atoms with Crippen molar-refractivity contribution in [3.63, 3.8) is 0 Å². The summed E-state index contributed by atoms with van der Waals surface area (Å²) < 4.78 is 5.33. The zero-order valence-electron chi connectivity index (χ0n) is 14.1. The third-order valence-electron chi connectivity index (χ3n) is 4.06. The fraction of sp³-hybridized carbons (Fsp3) is 0.500. The Balaban J connectivity index is 2.12. The molecule has 0 fully saturated rings. The van der Waals surface area contributed by atoms with Gasteiger partial charge in [-0.25, -0.2) is 4.98 Å². The molecule has 1 aromatic heterocycles. The summed E-state index contributed by atoms with van der Waals surface area (Å²) in [5.41, 5.74) is 2.29. The van der Waals surface area contributed by atoms with E-state index in [1.165, 1.54) is 5.56 Å². The topological polar surface area (TPSA) is 45.6 Å². The Hall–Kier alpha value is -1.27. The third kappa shape index (κ3) is 5.11. The maximum atomic E-state index is 9.70. The molecule has 0 aliphatic carbocycles. The highest BCUT2D eigenvalue weighted by molar-refractivity contribution is 7.09. The van der Waals surface area contributed by atoms with Gasteiger partial charge in [-0.05, 0) is 18.9 Å². The number of aliphatic hydroxyl groups is 1. The van der Waals surface area contributed by atoms with Crippen molar-refractivity contribution in [3.05, 3.63) is 52.0 Å². The number of ether oxygens (including phenoxy) is 1. The molecule has 2 atom stereocenters. The Kier molecular flexibility index (Phi) is 7.17. The summed E-state index contributed by atoms with van der Waals surface area (Å²) in [4.78, 5) is 6.98. The minimum Gasteiger partial charge on any atom is -0.395 e. The molecule has 0 saturated heterocycles. The monoisotopic (exact) mass is 334 g/mol. The smallest absolute Gasteiger partial charge is 0.122 e. The SMILES string of the molecule is CC[C@@H](CO)N(Cc1ccccc1)Cc1csc(C(C)OC)n1. The van der Waals surface area contributed by atoms with E-state index in [1.54, 1.807) is 18.4 Å². The van der Waals surface area contributed by atoms with Gasteiger partial charge in [0.25, 0.3) is 0 Å². The van der Waals surface area contributed by atoms with Gasteiger partial charge in [0.1, 0.15) is 11.1 Å². The van der Waals surface area contributed by atoms with Crippen molar-refractivity contribution in [2.45, 2.75) is 45.5 Å². The standard InChI is InChI=1S/C18H26N2O2S/c1-4-17(12-21)20(10-15-8-6-5-7-9-15)11-16-13-23-18(19-16)14(2)22-3/h5-9,13-14,17,21H,4,10-12H2,1-3H3/t14?,17-/m0/s1. The van der Waals surface area contributed by atoms with Crippen LogP contribution in [0.3, 0.4) is 0 Å². The molecule has 1 aromatic carbocycles. The second-order valence-corrected chi connectivity index (χ2v) is 6.58. The molecule has 0 spiro atoms. The molecule has 0 radical (unpaired) electrons. The van der Waals surface area contributed by atoms with Gasteiger partial charge in [-0.15, -0.1) is 11.3 Å². The van der Waals surface area contributed by atoms with Gasteiger partial charge in [0.05, 0.1) is 12.3 Å². The summed E-state index contributed by atoms with van der Waals surface area (Å²) >= 11 is 1.63. The van der Waals surface area contributed by atoms with Gasteiger partial charge in [0, 0.05) is 31.6 Å². The van der Waals surface area contributed by atoms with Gasteiger partial charge in [0.2, 0.25) is 0 Å². The lowest BCUT2D eigenvalue weighted by Crippen LogP contribution is -2.36. The predicted molar refractivity (Wildman–Crippen MR) is 94.4 cm³/mol. The van der Waals surface area contributed by atoms with E-state index in [-0.39, 0.29) is 18.8 Å². The van der Waals surface area contributed by atoms with Crippen LogP contribution in [-0.2, 0) is 17.8 Å². The second kappa shape index (κ2) is 9.13. The molecule has 0 bridgehead atoms. The predicted octanol–water partition coefficient (Wildman–Crippen LogP) is 3.62. The van der Waals surface area contributed by atoms with Crippen molar-refractivity contribution < 1.29 is 9.84 Å². The van der Waals surface area contributed by atoms with Crippen LogP contribution in [-0.4, -0.2) is 34.7 Å². The first-order valence-corrected chi connectivity index (χ1v) is 8.91. The maximum absolute atomic E-state index is 9.70. The Labute approximate surface area is 142 Å². The number of methoxy groups -OCH3 is 1. The number of aliphatic hydroxyl groups excluding tert-OH is 1. The van der Waals surface area contributed by atoms with Crippen LogP contribution in [0.5, 0.6) is 0 Å². The van der Waals surface area contributed by atoms with Crippen LogP contribution in [0.1, 0.15) is 42.6 Å². The number of thiazole rings is 1. The van der Waals surface area contributed by atoms with Crippen LogP contribution >= 0.6 is 11.3 Å². The minimum atomic E-state index is 0.0242. The first-order chi connectivity index (χ1) is 11.2. The number of hydrogen-bond donors (Lipinski definition) is 1. The van der Waals surface area contributed by atoms with Crippen molar-refractivity contribution in [2.24, 2.45) is 0 Å². The molecule has 126 valence electrons. The number of aromatic nitrogens is 1. The molecule has 5 heteroatoms. The summed E-state index contributed by atoms with van der Waals surface area (Å²) in [6.45, 7) is 5.83. The first kappa shape index (κ1) is 18.1. The molecule has 1 N–H and O–H groups in total. The molecule has 0 saturated carbocycles. The van der Waals surface area contributed by atoms with E-state index in [0.717, 1.165) is 30.2 Å². The largest absolute Gasteiger partial charge is 0.395 e. The van der Waals surface area contributed by atoms with Crippen LogP contribution in [0.15, 0.2) is 35.7 Å². The molecule has 0 aliphatic heterocycles. The average Bonchev–Trinajstić information content (AvgIpc) is 3.04. The molecular formula is C18H26N2O2S. The van der Waals surface area contributed by atoms with E-state index < -0.39 is 0 Å². The van der Waals surface area contributed by atoms with E-state index >= 15 is 0 Å². The van der Waals surface area contributed by atoms with Crippen molar-refractivity contribution in [3.8, 4) is 0 Å². The van der Waals surface area contributed by atoms with E-state index in [4.69, 9.17) is 4.74 Å². The van der Waals surface area contributed by atoms with E-state index in [0.29, 0.717) is 0 Å². The first-order valence-electron chi connectivity index (χ1n) is 8.03. The Morgan fingerprint density at radius 3 is 2.61 bits per heavy atom. The minimum absolute atomic E-state index is 0.0242. The zero-order valence-corrected chi connectivity index (χ0v) is 14.9. The van der Waals surface area contributed by atoms with Gasteiger partial charge in [0.15, 0.2) is 0 Å². The van der Waals surface area contributed by atoms with Gasteiger partial charge < -0.3 is 9.84 Å². The summed E-state index contributed by atoms with van der Waals surface area (Å²) in [7, 11) is 1.70. The number of benzene rings is 1. The molecule has 0 amide bonds. The molecule has 1 unspecified atom stereocenters. The lowest BCUT2D eigenvalue weighted by Gasteiger charge is -2.29. The van der Waals surface area contributed by atoms with E-state index in [2.05, 4.69) is 46.5 Å². The molecule has 23 heavy (non-hydrogen) atoms. The highest BCUT2D eigenvalue weighted by atomic mass is 32.1. The molecule has 1 heterocycles. The average molecular weight is 334 g/mol. The van der Waals surface area contributed by atoms with Crippen LogP contribution in [0, 0.1) is 0 Å². The lowest BCUT2D eigenvalue weighted by atomic mass is 10.1. The van der Waals surface area contributed by atoms with Crippen LogP contribution in [0.25, 0.3) is 0 Å². The summed E-state index contributed by atoms with van der Waals surface area (Å²) in [5.74, 6) is 0. The Morgan fingerprint density at radius 2 is 2.00 bits per heavy atom. The number of nitrogens with zero attached hydrogens (tertiary/aromatic N) is 2. The van der Waals surface area contributed by atoms with Crippen molar-refractivity contribution in [2.75, 3.05) is 13.7 Å². The van der Waals surface area contributed by atoms with Gasteiger partial charge >= 0.3 is 0 Å². The fourth-order valence-electron chi connectivity index (χ4n) is 2.53.